The fraction of sp³-hybridized carbons (Fsp3) is 0.333. The van der Waals surface area contributed by atoms with E-state index >= 15 is 0 Å². The molecule has 0 atom stereocenters. The van der Waals surface area contributed by atoms with Gasteiger partial charge in [-0.15, -0.1) is 0 Å². The maximum atomic E-state index is 12.5. The molecule has 0 aliphatic carbocycles. The van der Waals surface area contributed by atoms with Crippen molar-refractivity contribution in [1.29, 1.82) is 0 Å². The average molecular weight is 272 g/mol. The van der Waals surface area contributed by atoms with E-state index in [1.54, 1.807) is 19.2 Å². The van der Waals surface area contributed by atoms with Gasteiger partial charge in [-0.05, 0) is 37.5 Å². The van der Waals surface area contributed by atoms with Crippen LogP contribution in [0.1, 0.15) is 29.3 Å². The van der Waals surface area contributed by atoms with Crippen LogP contribution >= 0.6 is 0 Å². The minimum absolute atomic E-state index is 0.0813. The third-order valence-electron chi connectivity index (χ3n) is 3.61. The molecular weight excluding hydrogens is 256 g/mol. The molecule has 1 aliphatic rings. The Morgan fingerprint density at radius 2 is 2.25 bits per heavy atom. The number of ether oxygens (including phenoxy) is 1. The fourth-order valence-corrected chi connectivity index (χ4v) is 2.82. The summed E-state index contributed by atoms with van der Waals surface area (Å²) in [5.41, 5.74) is 8.16. The number of nitrogens with two attached hydrogens (primary N) is 1. The van der Waals surface area contributed by atoms with E-state index in [9.17, 15) is 9.59 Å². The van der Waals surface area contributed by atoms with Crippen LogP contribution in [-0.4, -0.2) is 17.1 Å². The summed E-state index contributed by atoms with van der Waals surface area (Å²) >= 11 is 0. The zero-order valence-corrected chi connectivity index (χ0v) is 11.3. The molecule has 2 N–H and O–H groups in total. The normalized spacial score (nSPS) is 13.4. The van der Waals surface area contributed by atoms with Crippen LogP contribution in [0.5, 0.6) is 0 Å². The van der Waals surface area contributed by atoms with Crippen molar-refractivity contribution >= 4 is 22.6 Å². The van der Waals surface area contributed by atoms with Crippen molar-refractivity contribution in [3.63, 3.8) is 0 Å². The van der Waals surface area contributed by atoms with Gasteiger partial charge in [-0.1, -0.05) is 0 Å². The number of nitrogens with zero attached hydrogens (tertiary/aromatic N) is 1. The van der Waals surface area contributed by atoms with Gasteiger partial charge in [0.1, 0.15) is 5.56 Å². The lowest BCUT2D eigenvalue weighted by molar-refractivity contribution is 0.0524. The second-order valence-corrected chi connectivity index (χ2v) is 4.97. The topological polar surface area (TPSA) is 74.3 Å². The van der Waals surface area contributed by atoms with E-state index < -0.39 is 5.97 Å². The number of hydrogen-bond acceptors (Lipinski definition) is 4. The highest BCUT2D eigenvalue weighted by Gasteiger charge is 2.20. The van der Waals surface area contributed by atoms with Crippen LogP contribution in [0.2, 0.25) is 0 Å². The highest BCUT2D eigenvalue weighted by molar-refractivity contribution is 5.95. The average Bonchev–Trinajstić information content (AvgIpc) is 2.42. The highest BCUT2D eigenvalue weighted by atomic mass is 16.5. The Balaban J connectivity index is 2.34. The molecular formula is C15H16N2O3. The van der Waals surface area contributed by atoms with Gasteiger partial charge in [-0.25, -0.2) is 4.79 Å². The van der Waals surface area contributed by atoms with Gasteiger partial charge < -0.3 is 15.0 Å². The molecule has 5 nitrogen and oxygen atoms in total. The molecule has 3 rings (SSSR count). The molecule has 0 bridgehead atoms. The van der Waals surface area contributed by atoms with Crippen LogP contribution in [0.15, 0.2) is 23.1 Å². The summed E-state index contributed by atoms with van der Waals surface area (Å²) in [5.74, 6) is -0.572. The summed E-state index contributed by atoms with van der Waals surface area (Å²) in [6.07, 6.45) is 3.48. The number of aryl methyl sites for hydroxylation is 2. The third-order valence-corrected chi connectivity index (χ3v) is 3.61. The minimum Gasteiger partial charge on any atom is -0.462 e. The molecule has 0 saturated heterocycles. The molecule has 0 radical (unpaired) electrons. The van der Waals surface area contributed by atoms with Crippen molar-refractivity contribution in [2.75, 3.05) is 12.3 Å². The quantitative estimate of drug-likeness (QED) is 0.667. The van der Waals surface area contributed by atoms with E-state index in [1.165, 1.54) is 0 Å². The van der Waals surface area contributed by atoms with E-state index in [4.69, 9.17) is 10.5 Å². The van der Waals surface area contributed by atoms with Crippen LogP contribution < -0.4 is 11.2 Å². The first-order chi connectivity index (χ1) is 9.61. The molecule has 1 aliphatic heterocycles. The molecule has 0 saturated carbocycles. The Bertz CT molecular complexity index is 762. The van der Waals surface area contributed by atoms with Crippen molar-refractivity contribution in [3.05, 3.63) is 39.7 Å². The molecule has 104 valence electrons. The van der Waals surface area contributed by atoms with Crippen LogP contribution in [0.4, 0.5) is 5.69 Å². The molecule has 0 amide bonds. The minimum atomic E-state index is -0.572. The van der Waals surface area contributed by atoms with Gasteiger partial charge in [-0.3, -0.25) is 4.79 Å². The van der Waals surface area contributed by atoms with Gasteiger partial charge in [-0.2, -0.15) is 0 Å². The predicted octanol–water partition coefficient (Wildman–Crippen LogP) is 1.71. The molecule has 0 spiro atoms. The zero-order valence-electron chi connectivity index (χ0n) is 11.3. The molecule has 0 fully saturated rings. The number of anilines is 1. The van der Waals surface area contributed by atoms with Gasteiger partial charge in [0.2, 0.25) is 5.43 Å². The smallest absolute Gasteiger partial charge is 0.343 e. The van der Waals surface area contributed by atoms with Crippen LogP contribution in [-0.2, 0) is 17.7 Å². The second-order valence-electron chi connectivity index (χ2n) is 4.97. The van der Waals surface area contributed by atoms with Gasteiger partial charge in [0, 0.05) is 23.8 Å². The first-order valence-corrected chi connectivity index (χ1v) is 6.74. The summed E-state index contributed by atoms with van der Waals surface area (Å²) in [6.45, 7) is 2.76. The van der Waals surface area contributed by atoms with E-state index in [0.717, 1.165) is 30.5 Å². The number of esters is 1. The largest absolute Gasteiger partial charge is 0.462 e. The van der Waals surface area contributed by atoms with Crippen molar-refractivity contribution < 1.29 is 9.53 Å². The summed E-state index contributed by atoms with van der Waals surface area (Å²) in [4.78, 5) is 24.4. The van der Waals surface area contributed by atoms with Gasteiger partial charge >= 0.3 is 5.97 Å². The molecule has 0 unspecified atom stereocenters. The van der Waals surface area contributed by atoms with Gasteiger partial charge in [0.15, 0.2) is 0 Å². The lowest BCUT2D eigenvalue weighted by atomic mass is 9.99. The van der Waals surface area contributed by atoms with E-state index in [1.807, 2.05) is 10.6 Å². The predicted molar refractivity (Wildman–Crippen MR) is 76.9 cm³/mol. The SMILES string of the molecule is CCOC(=O)c1cn2c3c(cc(N)cc3c1=O)CCC2. The molecule has 20 heavy (non-hydrogen) atoms. The summed E-state index contributed by atoms with van der Waals surface area (Å²) in [6, 6.07) is 3.55. The Kier molecular flexibility index (Phi) is 2.97. The Labute approximate surface area is 116 Å². The molecule has 1 aromatic carbocycles. The maximum Gasteiger partial charge on any atom is 0.343 e. The van der Waals surface area contributed by atoms with Crippen LogP contribution in [0.3, 0.4) is 0 Å². The molecule has 5 heteroatoms. The number of aromatic nitrogens is 1. The zero-order chi connectivity index (χ0) is 14.3. The van der Waals surface area contributed by atoms with E-state index in [0.29, 0.717) is 11.1 Å². The number of carbonyl (C=O) groups is 1. The second kappa shape index (κ2) is 4.67. The lowest BCUT2D eigenvalue weighted by Gasteiger charge is -2.21. The summed E-state index contributed by atoms with van der Waals surface area (Å²) in [7, 11) is 0. The monoisotopic (exact) mass is 272 g/mol. The fourth-order valence-electron chi connectivity index (χ4n) is 2.82. The van der Waals surface area contributed by atoms with Crippen molar-refractivity contribution in [1.82, 2.24) is 4.57 Å². The standard InChI is InChI=1S/C15H16N2O3/c1-2-20-15(19)12-8-17-5-3-4-9-6-10(16)7-11(13(9)17)14(12)18/h6-8H,2-5,16H2,1H3. The van der Waals surface area contributed by atoms with Crippen molar-refractivity contribution in [2.24, 2.45) is 0 Å². The maximum absolute atomic E-state index is 12.5. The van der Waals surface area contributed by atoms with E-state index in [2.05, 4.69) is 0 Å². The third kappa shape index (κ3) is 1.86. The number of hydrogen-bond donors (Lipinski definition) is 1. The van der Waals surface area contributed by atoms with Crippen molar-refractivity contribution in [3.8, 4) is 0 Å². The number of pyridine rings is 1. The van der Waals surface area contributed by atoms with E-state index in [-0.39, 0.29) is 17.6 Å². The Morgan fingerprint density at radius 3 is 3.00 bits per heavy atom. The van der Waals surface area contributed by atoms with Gasteiger partial charge in [0.05, 0.1) is 12.1 Å². The van der Waals surface area contributed by atoms with Crippen LogP contribution in [0.25, 0.3) is 10.9 Å². The first kappa shape index (κ1) is 12.7. The Morgan fingerprint density at radius 1 is 1.45 bits per heavy atom. The van der Waals surface area contributed by atoms with Gasteiger partial charge in [0.25, 0.3) is 0 Å². The number of rotatable bonds is 2. The molecule has 1 aromatic heterocycles. The molecule has 2 heterocycles. The molecule has 2 aromatic rings. The lowest BCUT2D eigenvalue weighted by Crippen LogP contribution is -2.23. The summed E-state index contributed by atoms with van der Waals surface area (Å²) < 4.78 is 6.91. The number of benzene rings is 1. The highest BCUT2D eigenvalue weighted by Crippen LogP contribution is 2.26. The van der Waals surface area contributed by atoms with Crippen LogP contribution in [0, 0.1) is 0 Å². The van der Waals surface area contributed by atoms with Crippen molar-refractivity contribution in [2.45, 2.75) is 26.3 Å². The Hall–Kier alpha value is -2.30. The number of nitrogen functional groups attached to an aromatic ring is 1. The first-order valence-electron chi connectivity index (χ1n) is 6.74. The number of carbonyl (C=O) groups excluding carboxylic acids is 1. The summed E-state index contributed by atoms with van der Waals surface area (Å²) in [5, 5.41) is 0.505.